The summed E-state index contributed by atoms with van der Waals surface area (Å²) in [7, 11) is -2.36. The lowest BCUT2D eigenvalue weighted by Gasteiger charge is -2.07. The van der Waals surface area contributed by atoms with Gasteiger partial charge in [0.1, 0.15) is 7.14 Å². The maximum absolute atomic E-state index is 12.8. The van der Waals surface area contributed by atoms with Crippen LogP contribution in [0.1, 0.15) is 0 Å². The first-order valence-electron chi connectivity index (χ1n) is 5.08. The van der Waals surface area contributed by atoms with E-state index in [1.165, 1.54) is 0 Å². The summed E-state index contributed by atoms with van der Waals surface area (Å²) in [6.07, 6.45) is 0. The molecule has 3 rings (SSSR count). The summed E-state index contributed by atoms with van der Waals surface area (Å²) in [5.74, 6) is 0. The van der Waals surface area contributed by atoms with Crippen LogP contribution in [0.4, 0.5) is 0 Å². The normalized spacial score (nSPS) is 21.6. The number of rotatable bonds is 0. The number of fused-ring (bicyclic) bond motifs is 3. The van der Waals surface area contributed by atoms with Crippen LogP contribution in [0.5, 0.6) is 0 Å². The Morgan fingerprint density at radius 3 is 2.50 bits per heavy atom. The van der Waals surface area contributed by atoms with Gasteiger partial charge in [-0.1, -0.05) is 40.2 Å². The van der Waals surface area contributed by atoms with Gasteiger partial charge in [-0.2, -0.15) is 0 Å². The van der Waals surface area contributed by atoms with Crippen LogP contribution in [0.3, 0.4) is 0 Å². The van der Waals surface area contributed by atoms with Crippen molar-refractivity contribution in [2.24, 2.45) is 0 Å². The lowest BCUT2D eigenvalue weighted by Crippen LogP contribution is -2.07. The summed E-state index contributed by atoms with van der Waals surface area (Å²) in [6.45, 7) is 1.85. The topological polar surface area (TPSA) is 17.1 Å². The van der Waals surface area contributed by atoms with Gasteiger partial charge in [0.05, 0.1) is 0 Å². The molecule has 1 aliphatic heterocycles. The van der Waals surface area contributed by atoms with Crippen LogP contribution in [0.15, 0.2) is 46.9 Å². The number of hydrogen-bond acceptors (Lipinski definition) is 1. The van der Waals surface area contributed by atoms with E-state index in [0.29, 0.717) is 0 Å². The SMILES string of the molecule is CP1(=O)c2ccccc2-c2cc(Br)ccc21. The van der Waals surface area contributed by atoms with E-state index < -0.39 is 7.14 Å². The molecule has 0 radical (unpaired) electrons. The van der Waals surface area contributed by atoms with Crippen molar-refractivity contribution < 1.29 is 4.57 Å². The molecule has 0 saturated carbocycles. The molecule has 2 aromatic carbocycles. The molecule has 1 nitrogen and oxygen atoms in total. The van der Waals surface area contributed by atoms with E-state index in [1.54, 1.807) is 0 Å². The Morgan fingerprint density at radius 2 is 1.69 bits per heavy atom. The highest BCUT2D eigenvalue weighted by Gasteiger charge is 2.33. The average Bonchev–Trinajstić information content (AvgIpc) is 2.49. The van der Waals surface area contributed by atoms with Crippen LogP contribution in [-0.2, 0) is 4.57 Å². The van der Waals surface area contributed by atoms with Crippen molar-refractivity contribution in [2.45, 2.75) is 0 Å². The summed E-state index contributed by atoms with van der Waals surface area (Å²) in [6, 6.07) is 14.0. The van der Waals surface area contributed by atoms with Crippen LogP contribution in [0.2, 0.25) is 0 Å². The Hall–Kier alpha value is -0.850. The van der Waals surface area contributed by atoms with Gasteiger partial charge in [-0.25, -0.2) is 0 Å². The molecule has 0 bridgehead atoms. The van der Waals surface area contributed by atoms with Gasteiger partial charge in [-0.05, 0) is 36.0 Å². The lowest BCUT2D eigenvalue weighted by molar-refractivity contribution is 0.591. The van der Waals surface area contributed by atoms with Gasteiger partial charge in [0.15, 0.2) is 0 Å². The lowest BCUT2D eigenvalue weighted by atomic mass is 10.1. The highest BCUT2D eigenvalue weighted by atomic mass is 79.9. The van der Waals surface area contributed by atoms with Crippen molar-refractivity contribution in [3.8, 4) is 11.1 Å². The molecular weight excluding hydrogens is 283 g/mol. The summed E-state index contributed by atoms with van der Waals surface area (Å²) in [5, 5.41) is 1.97. The Bertz CT molecular complexity index is 634. The quantitative estimate of drug-likeness (QED) is 0.681. The molecule has 0 aliphatic carbocycles. The van der Waals surface area contributed by atoms with Crippen molar-refractivity contribution in [3.05, 3.63) is 46.9 Å². The zero-order valence-corrected chi connectivity index (χ0v) is 11.3. The maximum atomic E-state index is 12.8. The molecule has 0 aromatic heterocycles. The van der Waals surface area contributed by atoms with E-state index >= 15 is 0 Å². The molecule has 2 aromatic rings. The number of halogens is 1. The second kappa shape index (κ2) is 3.32. The van der Waals surface area contributed by atoms with Gasteiger partial charge < -0.3 is 4.57 Å². The first-order valence-corrected chi connectivity index (χ1v) is 8.03. The Morgan fingerprint density at radius 1 is 1.00 bits per heavy atom. The number of benzene rings is 2. The number of hydrogen-bond donors (Lipinski definition) is 0. The third-order valence-corrected chi connectivity index (χ3v) is 6.18. The molecule has 0 saturated heterocycles. The van der Waals surface area contributed by atoms with E-state index in [2.05, 4.69) is 22.0 Å². The molecule has 0 spiro atoms. The fourth-order valence-electron chi connectivity index (χ4n) is 2.30. The highest BCUT2D eigenvalue weighted by Crippen LogP contribution is 2.50. The minimum absolute atomic E-state index is 0.983. The van der Waals surface area contributed by atoms with Crippen molar-refractivity contribution in [1.29, 1.82) is 0 Å². The third kappa shape index (κ3) is 1.27. The van der Waals surface area contributed by atoms with Gasteiger partial charge in [-0.3, -0.25) is 0 Å². The summed E-state index contributed by atoms with van der Waals surface area (Å²) < 4.78 is 13.8. The van der Waals surface area contributed by atoms with Gasteiger partial charge in [0, 0.05) is 15.1 Å². The van der Waals surface area contributed by atoms with Crippen molar-refractivity contribution in [2.75, 3.05) is 6.66 Å². The molecule has 1 atom stereocenters. The molecule has 0 fully saturated rings. The molecule has 80 valence electrons. The molecule has 1 heterocycles. The molecule has 16 heavy (non-hydrogen) atoms. The highest BCUT2D eigenvalue weighted by molar-refractivity contribution is 9.10. The Kier molecular flexibility index (Phi) is 2.14. The van der Waals surface area contributed by atoms with Gasteiger partial charge in [-0.15, -0.1) is 0 Å². The zero-order chi connectivity index (χ0) is 11.3. The fraction of sp³-hybridized carbons (Fsp3) is 0.0769. The first kappa shape index (κ1) is 10.3. The van der Waals surface area contributed by atoms with Crippen LogP contribution in [-0.4, -0.2) is 6.66 Å². The van der Waals surface area contributed by atoms with Gasteiger partial charge >= 0.3 is 0 Å². The van der Waals surface area contributed by atoms with Crippen LogP contribution >= 0.6 is 23.1 Å². The second-order valence-corrected chi connectivity index (χ2v) is 7.83. The second-order valence-electron chi connectivity index (χ2n) is 4.10. The molecule has 1 aliphatic rings. The summed E-state index contributed by atoms with van der Waals surface area (Å²) in [4.78, 5) is 0. The minimum Gasteiger partial charge on any atom is -0.314 e. The van der Waals surface area contributed by atoms with E-state index in [9.17, 15) is 4.57 Å². The fourth-order valence-corrected chi connectivity index (χ4v) is 4.95. The van der Waals surface area contributed by atoms with Crippen molar-refractivity contribution >= 4 is 33.7 Å². The smallest absolute Gasteiger partial charge is 0.141 e. The maximum Gasteiger partial charge on any atom is 0.141 e. The predicted molar refractivity (Wildman–Crippen MR) is 72.4 cm³/mol. The molecule has 0 amide bonds. The largest absolute Gasteiger partial charge is 0.314 e. The van der Waals surface area contributed by atoms with Crippen molar-refractivity contribution in [1.82, 2.24) is 0 Å². The van der Waals surface area contributed by atoms with E-state index in [1.807, 2.05) is 43.1 Å². The zero-order valence-electron chi connectivity index (χ0n) is 8.77. The minimum atomic E-state index is -2.36. The van der Waals surface area contributed by atoms with E-state index in [0.717, 1.165) is 26.2 Å². The predicted octanol–water partition coefficient (Wildman–Crippen LogP) is 3.37. The third-order valence-electron chi connectivity index (χ3n) is 3.07. The van der Waals surface area contributed by atoms with Gasteiger partial charge in [0.25, 0.3) is 0 Å². The summed E-state index contributed by atoms with van der Waals surface area (Å²) >= 11 is 3.46. The first-order chi connectivity index (χ1) is 7.60. The molecular formula is C13H10BrOP. The standard InChI is InChI=1S/C13H10BrOP/c1-16(15)12-5-3-2-4-10(12)11-8-9(14)6-7-13(11)16/h2-8H,1H3. The average molecular weight is 293 g/mol. The van der Waals surface area contributed by atoms with Crippen LogP contribution in [0, 0.1) is 0 Å². The molecule has 1 unspecified atom stereocenters. The Labute approximate surface area is 103 Å². The van der Waals surface area contributed by atoms with E-state index in [4.69, 9.17) is 0 Å². The molecule has 3 heteroatoms. The van der Waals surface area contributed by atoms with Crippen molar-refractivity contribution in [3.63, 3.8) is 0 Å². The van der Waals surface area contributed by atoms with E-state index in [-0.39, 0.29) is 0 Å². The van der Waals surface area contributed by atoms with Crippen LogP contribution < -0.4 is 10.6 Å². The Balaban J connectivity index is 2.45. The summed E-state index contributed by atoms with van der Waals surface area (Å²) in [5.41, 5.74) is 2.22. The van der Waals surface area contributed by atoms with Gasteiger partial charge in [0.2, 0.25) is 0 Å². The monoisotopic (exact) mass is 292 g/mol. The van der Waals surface area contributed by atoms with Crippen LogP contribution in [0.25, 0.3) is 11.1 Å². The molecule has 0 N–H and O–H groups in total.